The van der Waals surface area contributed by atoms with E-state index in [4.69, 9.17) is 11.6 Å². The van der Waals surface area contributed by atoms with Gasteiger partial charge in [0.2, 0.25) is 11.8 Å². The third-order valence-electron chi connectivity index (χ3n) is 5.81. The molecule has 2 unspecified atom stereocenters. The van der Waals surface area contributed by atoms with Crippen LogP contribution in [0.4, 0.5) is 0 Å². The molecule has 0 spiro atoms. The number of nitrogens with zero attached hydrogens (tertiary/aromatic N) is 1. The zero-order valence-electron chi connectivity index (χ0n) is 19.5. The number of hydrogen-bond acceptors (Lipinski definition) is 2. The van der Waals surface area contributed by atoms with Crippen molar-refractivity contribution in [1.82, 2.24) is 10.2 Å². The minimum absolute atomic E-state index is 0.0113. The lowest BCUT2D eigenvalue weighted by atomic mass is 10.0. The highest BCUT2D eigenvalue weighted by Gasteiger charge is 2.31. The van der Waals surface area contributed by atoms with Crippen LogP contribution in [0.1, 0.15) is 37.0 Å². The number of carbonyl (C=O) groups is 2. The molecule has 4 nitrogen and oxygen atoms in total. The van der Waals surface area contributed by atoms with E-state index in [1.54, 1.807) is 11.0 Å². The lowest BCUT2D eigenvalue weighted by Crippen LogP contribution is -2.52. The molecule has 178 valence electrons. The number of rotatable bonds is 10. The van der Waals surface area contributed by atoms with Gasteiger partial charge in [0, 0.05) is 28.5 Å². The molecule has 3 aromatic rings. The van der Waals surface area contributed by atoms with Gasteiger partial charge < -0.3 is 10.2 Å². The monoisotopic (exact) mass is 540 g/mol. The summed E-state index contributed by atoms with van der Waals surface area (Å²) in [4.78, 5) is 28.9. The van der Waals surface area contributed by atoms with Crippen LogP contribution in [-0.2, 0) is 29.0 Å². The van der Waals surface area contributed by atoms with E-state index in [2.05, 4.69) is 21.2 Å². The molecule has 0 aromatic heterocycles. The predicted molar refractivity (Wildman–Crippen MR) is 142 cm³/mol. The molecule has 0 radical (unpaired) electrons. The Kier molecular flexibility index (Phi) is 9.73. The SMILES string of the molecule is CCC(C)NC(=O)C(Cc1ccccc1)N(Cc1cccc(Br)c1)C(=O)Cc1ccccc1Cl. The molecule has 0 fully saturated rings. The second-order valence-corrected chi connectivity index (χ2v) is 9.77. The average Bonchev–Trinajstić information content (AvgIpc) is 2.83. The molecular formula is C28H30BrClN2O2. The maximum absolute atomic E-state index is 13.7. The van der Waals surface area contributed by atoms with Gasteiger partial charge in [0.1, 0.15) is 6.04 Å². The Hall–Kier alpha value is -2.63. The Labute approximate surface area is 215 Å². The summed E-state index contributed by atoms with van der Waals surface area (Å²) < 4.78 is 0.923. The van der Waals surface area contributed by atoms with E-state index < -0.39 is 6.04 Å². The van der Waals surface area contributed by atoms with Crippen LogP contribution < -0.4 is 5.32 Å². The largest absolute Gasteiger partial charge is 0.352 e. The van der Waals surface area contributed by atoms with Gasteiger partial charge in [-0.3, -0.25) is 9.59 Å². The first kappa shape index (κ1) is 26.0. The van der Waals surface area contributed by atoms with Crippen molar-refractivity contribution in [3.8, 4) is 0 Å². The van der Waals surface area contributed by atoms with Crippen LogP contribution in [0, 0.1) is 0 Å². The van der Waals surface area contributed by atoms with Crippen LogP contribution >= 0.6 is 27.5 Å². The van der Waals surface area contributed by atoms with E-state index >= 15 is 0 Å². The highest BCUT2D eigenvalue weighted by Crippen LogP contribution is 2.21. The number of nitrogens with one attached hydrogen (secondary N) is 1. The predicted octanol–water partition coefficient (Wildman–Crippen LogP) is 6.20. The Morgan fingerprint density at radius 2 is 1.65 bits per heavy atom. The molecule has 0 saturated carbocycles. The third kappa shape index (κ3) is 7.44. The first-order chi connectivity index (χ1) is 16.4. The second kappa shape index (κ2) is 12.7. The molecule has 2 amide bonds. The van der Waals surface area contributed by atoms with Gasteiger partial charge in [-0.1, -0.05) is 95.1 Å². The third-order valence-corrected chi connectivity index (χ3v) is 6.68. The van der Waals surface area contributed by atoms with E-state index in [1.165, 1.54) is 0 Å². The molecule has 0 aliphatic carbocycles. The fourth-order valence-corrected chi connectivity index (χ4v) is 4.38. The normalized spacial score (nSPS) is 12.6. The molecule has 0 bridgehead atoms. The van der Waals surface area contributed by atoms with Crippen LogP contribution in [0.3, 0.4) is 0 Å². The van der Waals surface area contributed by atoms with Crippen molar-refractivity contribution in [2.75, 3.05) is 0 Å². The number of halogens is 2. The lowest BCUT2D eigenvalue weighted by molar-refractivity contribution is -0.141. The zero-order chi connectivity index (χ0) is 24.5. The zero-order valence-corrected chi connectivity index (χ0v) is 21.9. The maximum atomic E-state index is 13.7. The van der Waals surface area contributed by atoms with Crippen molar-refractivity contribution in [2.24, 2.45) is 0 Å². The van der Waals surface area contributed by atoms with Gasteiger partial charge in [-0.05, 0) is 48.2 Å². The Morgan fingerprint density at radius 3 is 2.32 bits per heavy atom. The van der Waals surface area contributed by atoms with Crippen molar-refractivity contribution >= 4 is 39.3 Å². The smallest absolute Gasteiger partial charge is 0.243 e. The van der Waals surface area contributed by atoms with Gasteiger partial charge in [-0.2, -0.15) is 0 Å². The van der Waals surface area contributed by atoms with E-state index in [1.807, 2.05) is 86.6 Å². The molecule has 2 atom stereocenters. The molecule has 0 saturated heterocycles. The van der Waals surface area contributed by atoms with Crippen LogP contribution in [-0.4, -0.2) is 28.8 Å². The first-order valence-electron chi connectivity index (χ1n) is 11.5. The van der Waals surface area contributed by atoms with Gasteiger partial charge in [-0.25, -0.2) is 0 Å². The lowest BCUT2D eigenvalue weighted by Gasteiger charge is -2.32. The van der Waals surface area contributed by atoms with Crippen molar-refractivity contribution in [1.29, 1.82) is 0 Å². The number of hydrogen-bond donors (Lipinski definition) is 1. The molecule has 0 heterocycles. The summed E-state index contributed by atoms with van der Waals surface area (Å²) in [5.41, 5.74) is 2.68. The van der Waals surface area contributed by atoms with Crippen molar-refractivity contribution < 1.29 is 9.59 Å². The fourth-order valence-electron chi connectivity index (χ4n) is 3.73. The molecule has 6 heteroatoms. The Balaban J connectivity index is 1.98. The minimum atomic E-state index is -0.662. The molecule has 3 rings (SSSR count). The van der Waals surface area contributed by atoms with Gasteiger partial charge in [0.05, 0.1) is 6.42 Å². The van der Waals surface area contributed by atoms with Crippen LogP contribution in [0.2, 0.25) is 5.02 Å². The summed E-state index contributed by atoms with van der Waals surface area (Å²) in [6.45, 7) is 4.31. The second-order valence-electron chi connectivity index (χ2n) is 8.44. The Bertz CT molecular complexity index is 1110. The van der Waals surface area contributed by atoms with E-state index in [0.717, 1.165) is 27.6 Å². The molecule has 0 aliphatic heterocycles. The van der Waals surface area contributed by atoms with Crippen LogP contribution in [0.25, 0.3) is 0 Å². The summed E-state index contributed by atoms with van der Waals surface area (Å²) in [5.74, 6) is -0.297. The average molecular weight is 542 g/mol. The summed E-state index contributed by atoms with van der Waals surface area (Å²) in [5, 5.41) is 3.63. The van der Waals surface area contributed by atoms with Crippen molar-refractivity contribution in [2.45, 2.75) is 51.7 Å². The van der Waals surface area contributed by atoms with Gasteiger partial charge in [0.15, 0.2) is 0 Å². The topological polar surface area (TPSA) is 49.4 Å². The summed E-state index contributed by atoms with van der Waals surface area (Å²) >= 11 is 9.87. The highest BCUT2D eigenvalue weighted by molar-refractivity contribution is 9.10. The van der Waals surface area contributed by atoms with Crippen molar-refractivity contribution in [3.63, 3.8) is 0 Å². The highest BCUT2D eigenvalue weighted by atomic mass is 79.9. The van der Waals surface area contributed by atoms with E-state index in [9.17, 15) is 9.59 Å². The van der Waals surface area contributed by atoms with E-state index in [0.29, 0.717) is 18.0 Å². The Morgan fingerprint density at radius 1 is 0.971 bits per heavy atom. The first-order valence-corrected chi connectivity index (χ1v) is 12.7. The van der Waals surface area contributed by atoms with Crippen LogP contribution in [0.5, 0.6) is 0 Å². The minimum Gasteiger partial charge on any atom is -0.352 e. The molecule has 3 aromatic carbocycles. The van der Waals surface area contributed by atoms with E-state index in [-0.39, 0.29) is 24.3 Å². The van der Waals surface area contributed by atoms with Gasteiger partial charge in [-0.15, -0.1) is 0 Å². The van der Waals surface area contributed by atoms with Crippen molar-refractivity contribution in [3.05, 3.63) is 105 Å². The van der Waals surface area contributed by atoms with Crippen LogP contribution in [0.15, 0.2) is 83.3 Å². The molecule has 0 aliphatic rings. The quantitative estimate of drug-likeness (QED) is 0.332. The number of carbonyl (C=O) groups excluding carboxylic acids is 2. The number of benzene rings is 3. The molecule has 34 heavy (non-hydrogen) atoms. The standard InChI is InChI=1S/C28H30BrClN2O2/c1-3-20(2)31-28(34)26(17-21-10-5-4-6-11-21)32(19-22-12-9-14-24(29)16-22)27(33)18-23-13-7-8-15-25(23)30/h4-16,20,26H,3,17-19H2,1-2H3,(H,31,34). The maximum Gasteiger partial charge on any atom is 0.243 e. The molecule has 1 N–H and O–H groups in total. The fraction of sp³-hybridized carbons (Fsp3) is 0.286. The van der Waals surface area contributed by atoms with Gasteiger partial charge >= 0.3 is 0 Å². The summed E-state index contributed by atoms with van der Waals surface area (Å²) in [6, 6.07) is 24.3. The summed E-state index contributed by atoms with van der Waals surface area (Å²) in [6.07, 6.45) is 1.35. The summed E-state index contributed by atoms with van der Waals surface area (Å²) in [7, 11) is 0. The van der Waals surface area contributed by atoms with Gasteiger partial charge in [0.25, 0.3) is 0 Å². The number of amides is 2. The molecular weight excluding hydrogens is 512 g/mol.